The molecule has 0 radical (unpaired) electrons. The van der Waals surface area contributed by atoms with E-state index in [2.05, 4.69) is 5.32 Å². The number of aromatic carboxylic acids is 1. The number of anilines is 1. The van der Waals surface area contributed by atoms with E-state index in [1.54, 1.807) is 19.1 Å². The van der Waals surface area contributed by atoms with Crippen molar-refractivity contribution < 1.29 is 24.0 Å². The lowest BCUT2D eigenvalue weighted by atomic mass is 10.1. The Morgan fingerprint density at radius 1 is 1.29 bits per heavy atom. The first kappa shape index (κ1) is 14.3. The highest BCUT2D eigenvalue weighted by atomic mass is 16.6. The lowest BCUT2D eigenvalue weighted by Crippen LogP contribution is -2.15. The second-order valence-electron chi connectivity index (χ2n) is 4.15. The molecule has 0 atom stereocenters. The standard InChI is InChI=1S/C13H10N2O6/c1-7-3-2-4-8(11(7)13(17)18)14-12(16)9-5-6-10(21-9)15(19)20/h2-6H,1H3,(H,14,16)(H,17,18). The summed E-state index contributed by atoms with van der Waals surface area (Å²) in [6.07, 6.45) is 0. The maximum Gasteiger partial charge on any atom is 0.433 e. The maximum absolute atomic E-state index is 11.9. The minimum Gasteiger partial charge on any atom is -0.478 e. The molecule has 1 amide bonds. The van der Waals surface area contributed by atoms with Crippen LogP contribution >= 0.6 is 0 Å². The first-order valence-corrected chi connectivity index (χ1v) is 5.78. The molecule has 1 aromatic carbocycles. The Morgan fingerprint density at radius 3 is 2.57 bits per heavy atom. The number of hydrogen-bond acceptors (Lipinski definition) is 5. The van der Waals surface area contributed by atoms with Gasteiger partial charge in [-0.1, -0.05) is 12.1 Å². The van der Waals surface area contributed by atoms with E-state index in [1.165, 1.54) is 6.07 Å². The number of carbonyl (C=O) groups is 2. The number of carboxylic acids is 1. The first-order chi connectivity index (χ1) is 9.90. The summed E-state index contributed by atoms with van der Waals surface area (Å²) in [5.41, 5.74) is 0.518. The number of furan rings is 1. The van der Waals surface area contributed by atoms with Crippen molar-refractivity contribution in [2.24, 2.45) is 0 Å². The zero-order valence-electron chi connectivity index (χ0n) is 10.8. The first-order valence-electron chi connectivity index (χ1n) is 5.78. The normalized spacial score (nSPS) is 10.1. The van der Waals surface area contributed by atoms with Crippen LogP contribution in [0.1, 0.15) is 26.5 Å². The average molecular weight is 290 g/mol. The SMILES string of the molecule is Cc1cccc(NC(=O)c2ccc([N+](=O)[O-])o2)c1C(=O)O. The number of hydrogen-bond donors (Lipinski definition) is 2. The Balaban J connectivity index is 2.29. The Kier molecular flexibility index (Phi) is 3.70. The van der Waals surface area contributed by atoms with Crippen LogP contribution < -0.4 is 5.32 Å². The smallest absolute Gasteiger partial charge is 0.433 e. The van der Waals surface area contributed by atoms with Crippen LogP contribution in [0.2, 0.25) is 0 Å². The van der Waals surface area contributed by atoms with Gasteiger partial charge in [0.25, 0.3) is 5.91 Å². The van der Waals surface area contributed by atoms with Gasteiger partial charge in [0.05, 0.1) is 17.3 Å². The van der Waals surface area contributed by atoms with Gasteiger partial charge in [-0.05, 0) is 24.6 Å². The van der Waals surface area contributed by atoms with Crippen LogP contribution in [-0.2, 0) is 0 Å². The van der Waals surface area contributed by atoms with Gasteiger partial charge in [0, 0.05) is 0 Å². The summed E-state index contributed by atoms with van der Waals surface area (Å²) in [6, 6.07) is 6.79. The van der Waals surface area contributed by atoms with Crippen LogP contribution in [0.4, 0.5) is 11.6 Å². The van der Waals surface area contributed by atoms with Crippen LogP contribution in [0, 0.1) is 17.0 Å². The molecule has 2 aromatic rings. The van der Waals surface area contributed by atoms with E-state index >= 15 is 0 Å². The molecule has 0 fully saturated rings. The third kappa shape index (κ3) is 2.89. The molecule has 8 nitrogen and oxygen atoms in total. The molecule has 21 heavy (non-hydrogen) atoms. The number of nitrogens with zero attached hydrogens (tertiary/aromatic N) is 1. The lowest BCUT2D eigenvalue weighted by Gasteiger charge is -2.09. The van der Waals surface area contributed by atoms with Crippen molar-refractivity contribution in [1.82, 2.24) is 0 Å². The lowest BCUT2D eigenvalue weighted by molar-refractivity contribution is -0.402. The predicted octanol–water partition coefficient (Wildman–Crippen LogP) is 2.45. The molecule has 2 rings (SSSR count). The Morgan fingerprint density at radius 2 is 2.00 bits per heavy atom. The number of nitro groups is 1. The number of carboxylic acid groups (broad SMARTS) is 1. The molecule has 1 aromatic heterocycles. The molecule has 0 aliphatic heterocycles. The number of nitrogens with one attached hydrogen (secondary N) is 1. The molecule has 0 unspecified atom stereocenters. The van der Waals surface area contributed by atoms with E-state index in [-0.39, 0.29) is 17.0 Å². The summed E-state index contributed by atoms with van der Waals surface area (Å²) in [5, 5.41) is 22.0. The molecule has 2 N–H and O–H groups in total. The number of amides is 1. The zero-order chi connectivity index (χ0) is 15.6. The van der Waals surface area contributed by atoms with Crippen molar-refractivity contribution in [3.8, 4) is 0 Å². The minimum absolute atomic E-state index is 0.0492. The second kappa shape index (κ2) is 5.45. The van der Waals surface area contributed by atoms with Gasteiger partial charge >= 0.3 is 11.9 Å². The van der Waals surface area contributed by atoms with Gasteiger partial charge in [-0.25, -0.2) is 4.79 Å². The third-order valence-corrected chi connectivity index (χ3v) is 2.73. The van der Waals surface area contributed by atoms with E-state index in [4.69, 9.17) is 9.52 Å². The maximum atomic E-state index is 11.9. The number of benzene rings is 1. The van der Waals surface area contributed by atoms with Gasteiger partial charge in [0.15, 0.2) is 5.76 Å². The second-order valence-corrected chi connectivity index (χ2v) is 4.15. The molecular formula is C13H10N2O6. The van der Waals surface area contributed by atoms with Gasteiger partial charge in [0.2, 0.25) is 0 Å². The monoisotopic (exact) mass is 290 g/mol. The molecule has 0 saturated carbocycles. The molecule has 108 valence electrons. The topological polar surface area (TPSA) is 123 Å². The van der Waals surface area contributed by atoms with Crippen molar-refractivity contribution in [3.63, 3.8) is 0 Å². The summed E-state index contributed by atoms with van der Waals surface area (Å²) in [4.78, 5) is 32.8. The molecule has 1 heterocycles. The zero-order valence-corrected chi connectivity index (χ0v) is 10.8. The van der Waals surface area contributed by atoms with Gasteiger partial charge in [0.1, 0.15) is 4.92 Å². The van der Waals surface area contributed by atoms with Crippen molar-refractivity contribution >= 4 is 23.4 Å². The van der Waals surface area contributed by atoms with Crippen LogP contribution in [0.3, 0.4) is 0 Å². The molecule has 0 bridgehead atoms. The molecule has 0 spiro atoms. The summed E-state index contributed by atoms with van der Waals surface area (Å²) >= 11 is 0. The summed E-state index contributed by atoms with van der Waals surface area (Å²) in [7, 11) is 0. The molecular weight excluding hydrogens is 280 g/mol. The van der Waals surface area contributed by atoms with Crippen molar-refractivity contribution in [3.05, 3.63) is 57.3 Å². The Bertz CT molecular complexity index is 734. The van der Waals surface area contributed by atoms with E-state index < -0.39 is 22.7 Å². The van der Waals surface area contributed by atoms with E-state index in [1.807, 2.05) is 0 Å². The number of rotatable bonds is 4. The molecule has 0 saturated heterocycles. The summed E-state index contributed by atoms with van der Waals surface area (Å²) < 4.78 is 4.75. The fraction of sp³-hybridized carbons (Fsp3) is 0.0769. The minimum atomic E-state index is -1.19. The number of aryl methyl sites for hydroxylation is 1. The fourth-order valence-corrected chi connectivity index (χ4v) is 1.79. The van der Waals surface area contributed by atoms with E-state index in [9.17, 15) is 19.7 Å². The number of carbonyl (C=O) groups excluding carboxylic acids is 1. The molecule has 8 heteroatoms. The highest BCUT2D eigenvalue weighted by Gasteiger charge is 2.20. The van der Waals surface area contributed by atoms with Crippen molar-refractivity contribution in [1.29, 1.82) is 0 Å². The highest BCUT2D eigenvalue weighted by Crippen LogP contribution is 2.22. The predicted molar refractivity (Wildman–Crippen MR) is 71.5 cm³/mol. The van der Waals surface area contributed by atoms with Gasteiger partial charge in [-0.3, -0.25) is 14.9 Å². The quantitative estimate of drug-likeness (QED) is 0.658. The van der Waals surface area contributed by atoms with E-state index in [0.717, 1.165) is 12.1 Å². The van der Waals surface area contributed by atoms with Crippen molar-refractivity contribution in [2.45, 2.75) is 6.92 Å². The fourth-order valence-electron chi connectivity index (χ4n) is 1.79. The third-order valence-electron chi connectivity index (χ3n) is 2.73. The van der Waals surface area contributed by atoms with Crippen LogP contribution in [-0.4, -0.2) is 21.9 Å². The Hall–Kier alpha value is -3.16. The molecule has 0 aliphatic rings. The molecule has 0 aliphatic carbocycles. The van der Waals surface area contributed by atoms with Gasteiger partial charge in [-0.2, -0.15) is 0 Å². The van der Waals surface area contributed by atoms with Gasteiger partial charge in [-0.15, -0.1) is 0 Å². The van der Waals surface area contributed by atoms with E-state index in [0.29, 0.717) is 5.56 Å². The van der Waals surface area contributed by atoms with Crippen LogP contribution in [0.25, 0.3) is 0 Å². The van der Waals surface area contributed by atoms with Crippen LogP contribution in [0.5, 0.6) is 0 Å². The Labute approximate surface area is 118 Å². The largest absolute Gasteiger partial charge is 0.478 e. The highest BCUT2D eigenvalue weighted by molar-refractivity contribution is 6.06. The van der Waals surface area contributed by atoms with Crippen LogP contribution in [0.15, 0.2) is 34.7 Å². The van der Waals surface area contributed by atoms with Crippen molar-refractivity contribution in [2.75, 3.05) is 5.32 Å². The summed E-state index contributed by atoms with van der Waals surface area (Å²) in [5.74, 6) is -2.80. The average Bonchev–Trinajstić information content (AvgIpc) is 2.88. The summed E-state index contributed by atoms with van der Waals surface area (Å²) in [6.45, 7) is 1.59. The van der Waals surface area contributed by atoms with Gasteiger partial charge < -0.3 is 14.8 Å².